The highest BCUT2D eigenvalue weighted by atomic mass is 35.5. The summed E-state index contributed by atoms with van der Waals surface area (Å²) >= 11 is 11.3. The first-order valence-electron chi connectivity index (χ1n) is 5.31. The Labute approximate surface area is 105 Å². The quantitative estimate of drug-likeness (QED) is 0.729. The smallest absolute Gasteiger partial charge is 0.167 e. The van der Waals surface area contributed by atoms with Crippen molar-refractivity contribution in [2.75, 3.05) is 23.9 Å². The van der Waals surface area contributed by atoms with Gasteiger partial charge in [-0.3, -0.25) is 0 Å². The number of hydrogen-bond acceptors (Lipinski definition) is 2. The van der Waals surface area contributed by atoms with Crippen molar-refractivity contribution in [3.63, 3.8) is 0 Å². The molecular formula is C11H15Cl2FN2. The molecule has 1 aromatic heterocycles. The number of alkyl halides is 1. The van der Waals surface area contributed by atoms with Crippen molar-refractivity contribution in [3.05, 3.63) is 23.1 Å². The molecule has 0 aliphatic rings. The summed E-state index contributed by atoms with van der Waals surface area (Å²) in [5.74, 6) is 0.389. The first-order valence-corrected chi connectivity index (χ1v) is 6.22. The minimum absolute atomic E-state index is 0.308. The van der Waals surface area contributed by atoms with E-state index < -0.39 is 5.82 Å². The summed E-state index contributed by atoms with van der Waals surface area (Å²) in [5, 5.41) is 0.308. The average Bonchev–Trinajstić information content (AvgIpc) is 2.25. The first-order chi connectivity index (χ1) is 7.69. The van der Waals surface area contributed by atoms with Crippen molar-refractivity contribution in [1.82, 2.24) is 4.98 Å². The maximum atomic E-state index is 13.6. The van der Waals surface area contributed by atoms with Crippen LogP contribution in [0.4, 0.5) is 10.2 Å². The number of hydrogen-bond donors (Lipinski definition) is 0. The summed E-state index contributed by atoms with van der Waals surface area (Å²) in [4.78, 5) is 5.86. The van der Waals surface area contributed by atoms with Crippen LogP contribution >= 0.6 is 23.2 Å². The van der Waals surface area contributed by atoms with Crippen LogP contribution < -0.4 is 4.90 Å². The van der Waals surface area contributed by atoms with Gasteiger partial charge in [0.1, 0.15) is 0 Å². The number of halogens is 3. The zero-order chi connectivity index (χ0) is 12.0. The minimum Gasteiger partial charge on any atom is -0.353 e. The highest BCUT2D eigenvalue weighted by Gasteiger charge is 2.12. The first kappa shape index (κ1) is 13.5. The van der Waals surface area contributed by atoms with E-state index in [1.165, 1.54) is 12.3 Å². The molecule has 1 aromatic rings. The Kier molecular flexibility index (Phi) is 5.85. The molecule has 0 aliphatic carbocycles. The van der Waals surface area contributed by atoms with Gasteiger partial charge in [0.25, 0.3) is 0 Å². The molecule has 0 aromatic carbocycles. The van der Waals surface area contributed by atoms with E-state index in [1.807, 2.05) is 4.90 Å². The summed E-state index contributed by atoms with van der Waals surface area (Å²) in [6, 6.07) is 1.27. The highest BCUT2D eigenvalue weighted by molar-refractivity contribution is 6.30. The Morgan fingerprint density at radius 1 is 1.44 bits per heavy atom. The lowest BCUT2D eigenvalue weighted by Crippen LogP contribution is -2.28. The van der Waals surface area contributed by atoms with Crippen LogP contribution in [-0.4, -0.2) is 24.0 Å². The SMILES string of the molecule is CCCCN(CCCl)c1ncc(Cl)cc1F. The van der Waals surface area contributed by atoms with Crippen LogP contribution in [-0.2, 0) is 0 Å². The molecule has 0 fully saturated rings. The van der Waals surface area contributed by atoms with Crippen molar-refractivity contribution in [3.8, 4) is 0 Å². The van der Waals surface area contributed by atoms with E-state index in [4.69, 9.17) is 23.2 Å². The molecule has 0 spiro atoms. The summed E-state index contributed by atoms with van der Waals surface area (Å²) in [7, 11) is 0. The number of aromatic nitrogens is 1. The Hall–Kier alpha value is -0.540. The van der Waals surface area contributed by atoms with Crippen LogP contribution in [0.2, 0.25) is 5.02 Å². The van der Waals surface area contributed by atoms with Crippen LogP contribution in [0.1, 0.15) is 19.8 Å². The third kappa shape index (κ3) is 3.80. The predicted molar refractivity (Wildman–Crippen MR) is 67.0 cm³/mol. The van der Waals surface area contributed by atoms with Crippen molar-refractivity contribution in [2.45, 2.75) is 19.8 Å². The fraction of sp³-hybridized carbons (Fsp3) is 0.545. The molecule has 0 amide bonds. The van der Waals surface area contributed by atoms with E-state index >= 15 is 0 Å². The molecular weight excluding hydrogens is 250 g/mol. The van der Waals surface area contributed by atoms with Crippen LogP contribution in [0.5, 0.6) is 0 Å². The Morgan fingerprint density at radius 2 is 2.19 bits per heavy atom. The minimum atomic E-state index is -0.395. The van der Waals surface area contributed by atoms with E-state index in [0.717, 1.165) is 19.4 Å². The summed E-state index contributed by atoms with van der Waals surface area (Å²) in [6.45, 7) is 3.44. The predicted octanol–water partition coefficient (Wildman–Crippen LogP) is 3.72. The molecule has 0 aliphatic heterocycles. The molecule has 0 radical (unpaired) electrons. The second kappa shape index (κ2) is 6.92. The van der Waals surface area contributed by atoms with Crippen molar-refractivity contribution < 1.29 is 4.39 Å². The third-order valence-corrected chi connectivity index (χ3v) is 2.60. The zero-order valence-electron chi connectivity index (χ0n) is 9.22. The molecule has 1 heterocycles. The number of unbranched alkanes of at least 4 members (excludes halogenated alkanes) is 1. The van der Waals surface area contributed by atoms with Gasteiger partial charge in [-0.25, -0.2) is 9.37 Å². The zero-order valence-corrected chi connectivity index (χ0v) is 10.7. The van der Waals surface area contributed by atoms with Crippen molar-refractivity contribution >= 4 is 29.0 Å². The number of pyridine rings is 1. The monoisotopic (exact) mass is 264 g/mol. The van der Waals surface area contributed by atoms with Crippen LogP contribution in [0.15, 0.2) is 12.3 Å². The van der Waals surface area contributed by atoms with E-state index in [-0.39, 0.29) is 0 Å². The lowest BCUT2D eigenvalue weighted by molar-refractivity contribution is 0.606. The summed E-state index contributed by atoms with van der Waals surface area (Å²) < 4.78 is 13.6. The molecule has 0 saturated heterocycles. The largest absolute Gasteiger partial charge is 0.353 e. The maximum absolute atomic E-state index is 13.6. The maximum Gasteiger partial charge on any atom is 0.167 e. The van der Waals surface area contributed by atoms with Crippen molar-refractivity contribution in [2.24, 2.45) is 0 Å². The third-order valence-electron chi connectivity index (χ3n) is 2.22. The van der Waals surface area contributed by atoms with Crippen LogP contribution in [0, 0.1) is 5.82 Å². The van der Waals surface area contributed by atoms with Gasteiger partial charge < -0.3 is 4.90 Å². The van der Waals surface area contributed by atoms with E-state index in [9.17, 15) is 4.39 Å². The van der Waals surface area contributed by atoms with Crippen molar-refractivity contribution in [1.29, 1.82) is 0 Å². The molecule has 1 rings (SSSR count). The molecule has 16 heavy (non-hydrogen) atoms. The number of anilines is 1. The fourth-order valence-corrected chi connectivity index (χ4v) is 1.76. The van der Waals surface area contributed by atoms with E-state index in [1.54, 1.807) is 0 Å². The number of nitrogens with zero attached hydrogens (tertiary/aromatic N) is 2. The highest BCUT2D eigenvalue weighted by Crippen LogP contribution is 2.20. The Balaban J connectivity index is 2.82. The van der Waals surface area contributed by atoms with E-state index in [0.29, 0.717) is 23.3 Å². The van der Waals surface area contributed by atoms with Gasteiger partial charge in [0.15, 0.2) is 11.6 Å². The van der Waals surface area contributed by atoms with Gasteiger partial charge in [0, 0.05) is 25.2 Å². The Bertz CT molecular complexity index is 334. The molecule has 0 bridgehead atoms. The van der Waals surface area contributed by atoms with E-state index in [2.05, 4.69) is 11.9 Å². The van der Waals surface area contributed by atoms with Gasteiger partial charge >= 0.3 is 0 Å². The summed E-state index contributed by atoms with van der Waals surface area (Å²) in [5.41, 5.74) is 0. The van der Waals surface area contributed by atoms with Crippen LogP contribution in [0.25, 0.3) is 0 Å². The second-order valence-electron chi connectivity index (χ2n) is 3.49. The Morgan fingerprint density at radius 3 is 2.75 bits per heavy atom. The average molecular weight is 265 g/mol. The lowest BCUT2D eigenvalue weighted by atomic mass is 10.3. The molecule has 0 atom stereocenters. The van der Waals surface area contributed by atoms with Gasteiger partial charge in [0.2, 0.25) is 0 Å². The second-order valence-corrected chi connectivity index (χ2v) is 4.30. The fourth-order valence-electron chi connectivity index (χ4n) is 1.41. The van der Waals surface area contributed by atoms with Gasteiger partial charge in [-0.05, 0) is 12.5 Å². The lowest BCUT2D eigenvalue weighted by Gasteiger charge is -2.22. The molecule has 0 unspecified atom stereocenters. The molecule has 5 heteroatoms. The number of rotatable bonds is 6. The molecule has 90 valence electrons. The van der Waals surface area contributed by atoms with Gasteiger partial charge in [-0.15, -0.1) is 11.6 Å². The van der Waals surface area contributed by atoms with Crippen LogP contribution in [0.3, 0.4) is 0 Å². The molecule has 0 N–H and O–H groups in total. The molecule has 0 saturated carbocycles. The molecule has 2 nitrogen and oxygen atoms in total. The topological polar surface area (TPSA) is 16.1 Å². The standard InChI is InChI=1S/C11H15Cl2FN2/c1-2-3-5-16(6-4-12)11-10(14)7-9(13)8-15-11/h7-8H,2-6H2,1H3. The summed E-state index contributed by atoms with van der Waals surface area (Å²) in [6.07, 6.45) is 3.49. The van der Waals surface area contributed by atoms with Gasteiger partial charge in [0.05, 0.1) is 5.02 Å². The van der Waals surface area contributed by atoms with Gasteiger partial charge in [-0.2, -0.15) is 0 Å². The van der Waals surface area contributed by atoms with Gasteiger partial charge in [-0.1, -0.05) is 24.9 Å². The normalized spacial score (nSPS) is 10.5.